The molecule has 1 aromatic rings. The van der Waals surface area contributed by atoms with Gasteiger partial charge in [0.25, 0.3) is 5.91 Å². The molecule has 9 heteroatoms. The van der Waals surface area contributed by atoms with Crippen molar-refractivity contribution in [3.63, 3.8) is 0 Å². The molecule has 0 bridgehead atoms. The highest BCUT2D eigenvalue weighted by molar-refractivity contribution is 7.89. The molecule has 1 amide bonds. The first-order valence-electron chi connectivity index (χ1n) is 8.40. The molecule has 148 valence electrons. The monoisotopic (exact) mass is 405 g/mol. The molecule has 0 unspecified atom stereocenters. The fraction of sp³-hybridized carbons (Fsp3) is 0.588. The normalized spacial score (nSPS) is 15.4. The number of hydrogen-bond donors (Lipinski definition) is 3. The summed E-state index contributed by atoms with van der Waals surface area (Å²) in [5.41, 5.74) is 5.55. The van der Waals surface area contributed by atoms with E-state index in [2.05, 4.69) is 10.0 Å². The maximum atomic E-state index is 12.7. The van der Waals surface area contributed by atoms with E-state index in [1.165, 1.54) is 25.3 Å². The molecule has 4 N–H and O–H groups in total. The van der Waals surface area contributed by atoms with Crippen LogP contribution in [-0.2, 0) is 10.0 Å². The number of ether oxygens (including phenoxy) is 1. The highest BCUT2D eigenvalue weighted by atomic mass is 35.5. The lowest BCUT2D eigenvalue weighted by molar-refractivity contribution is 0.0946. The summed E-state index contributed by atoms with van der Waals surface area (Å²) in [6.45, 7) is 3.87. The highest BCUT2D eigenvalue weighted by Gasteiger charge is 2.26. The third kappa shape index (κ3) is 6.12. The van der Waals surface area contributed by atoms with Crippen LogP contribution in [-0.4, -0.2) is 39.6 Å². The quantitative estimate of drug-likeness (QED) is 0.640. The Morgan fingerprint density at radius 2 is 1.92 bits per heavy atom. The molecule has 0 spiro atoms. The second-order valence-electron chi connectivity index (χ2n) is 7.14. The van der Waals surface area contributed by atoms with E-state index in [0.717, 1.165) is 25.7 Å². The van der Waals surface area contributed by atoms with Gasteiger partial charge in [0.05, 0.1) is 7.11 Å². The molecule has 0 radical (unpaired) electrons. The molecule has 7 nitrogen and oxygen atoms in total. The van der Waals surface area contributed by atoms with Crippen LogP contribution in [0.1, 0.15) is 49.9 Å². The number of benzene rings is 1. The van der Waals surface area contributed by atoms with E-state index in [-0.39, 0.29) is 47.1 Å². The highest BCUT2D eigenvalue weighted by Crippen LogP contribution is 2.27. The predicted octanol–water partition coefficient (Wildman–Crippen LogP) is 1.81. The minimum absolute atomic E-state index is 0. The zero-order valence-electron chi connectivity index (χ0n) is 15.4. The van der Waals surface area contributed by atoms with Crippen molar-refractivity contribution in [2.45, 2.75) is 56.0 Å². The molecule has 1 aliphatic carbocycles. The molecule has 1 aromatic carbocycles. The number of methoxy groups -OCH3 is 1. The van der Waals surface area contributed by atoms with Gasteiger partial charge in [-0.15, -0.1) is 12.4 Å². The van der Waals surface area contributed by atoms with Crippen LogP contribution in [0.3, 0.4) is 0 Å². The molecule has 0 heterocycles. The maximum Gasteiger partial charge on any atom is 0.251 e. The molecule has 0 atom stereocenters. The van der Waals surface area contributed by atoms with Gasteiger partial charge in [-0.3, -0.25) is 4.79 Å². The third-order valence-corrected chi connectivity index (χ3v) is 5.64. The van der Waals surface area contributed by atoms with E-state index in [4.69, 9.17) is 10.5 Å². The molecule has 0 aromatic heterocycles. The standard InChI is InChI=1S/C17H27N3O4S.ClH/c1-17(2,18)11-19-16(21)12-8-9-14(24-3)15(10-12)25(22,23)20-13-6-4-5-7-13;/h8-10,13,20H,4-7,11,18H2,1-3H3,(H,19,21);1H. The van der Waals surface area contributed by atoms with Gasteiger partial charge < -0.3 is 15.8 Å². The molecular formula is C17H28ClN3O4S. The summed E-state index contributed by atoms with van der Waals surface area (Å²) in [7, 11) is -2.36. The van der Waals surface area contributed by atoms with E-state index < -0.39 is 15.6 Å². The Bertz CT molecular complexity index is 726. The first kappa shape index (κ1) is 22.7. The fourth-order valence-corrected chi connectivity index (χ4v) is 4.26. The second-order valence-corrected chi connectivity index (χ2v) is 8.82. The average molecular weight is 406 g/mol. The Kier molecular flexibility index (Phi) is 7.88. The van der Waals surface area contributed by atoms with E-state index in [9.17, 15) is 13.2 Å². The largest absolute Gasteiger partial charge is 0.495 e. The average Bonchev–Trinajstić information content (AvgIpc) is 3.03. The van der Waals surface area contributed by atoms with Crippen molar-refractivity contribution < 1.29 is 17.9 Å². The van der Waals surface area contributed by atoms with Gasteiger partial charge in [0, 0.05) is 23.7 Å². The van der Waals surface area contributed by atoms with Crippen molar-refractivity contribution in [3.8, 4) is 5.75 Å². The van der Waals surface area contributed by atoms with Gasteiger partial charge in [0.2, 0.25) is 10.0 Å². The minimum atomic E-state index is -3.77. The van der Waals surface area contributed by atoms with Crippen LogP contribution in [0.15, 0.2) is 23.1 Å². The van der Waals surface area contributed by atoms with Crippen molar-refractivity contribution in [1.82, 2.24) is 10.0 Å². The molecule has 0 aliphatic heterocycles. The van der Waals surface area contributed by atoms with Gasteiger partial charge in [-0.05, 0) is 44.9 Å². The number of halogens is 1. The molecule has 2 rings (SSSR count). The van der Waals surface area contributed by atoms with Crippen molar-refractivity contribution in [2.24, 2.45) is 5.73 Å². The Labute approximate surface area is 161 Å². The number of nitrogens with one attached hydrogen (secondary N) is 2. The van der Waals surface area contributed by atoms with Crippen LogP contribution in [0, 0.1) is 0 Å². The Balaban J connectivity index is 0.00000338. The Morgan fingerprint density at radius 3 is 2.46 bits per heavy atom. The molecule has 1 aliphatic rings. The molecule has 0 saturated heterocycles. The smallest absolute Gasteiger partial charge is 0.251 e. The number of hydrogen-bond acceptors (Lipinski definition) is 5. The maximum absolute atomic E-state index is 12.7. The van der Waals surface area contributed by atoms with E-state index in [1.54, 1.807) is 13.8 Å². The molecule has 1 fully saturated rings. The predicted molar refractivity (Wildman–Crippen MR) is 103 cm³/mol. The molecule has 1 saturated carbocycles. The van der Waals surface area contributed by atoms with Gasteiger partial charge in [-0.1, -0.05) is 12.8 Å². The van der Waals surface area contributed by atoms with Crippen LogP contribution in [0.5, 0.6) is 5.75 Å². The van der Waals surface area contributed by atoms with Gasteiger partial charge in [-0.2, -0.15) is 0 Å². The van der Waals surface area contributed by atoms with Gasteiger partial charge >= 0.3 is 0 Å². The lowest BCUT2D eigenvalue weighted by Crippen LogP contribution is -2.45. The summed E-state index contributed by atoms with van der Waals surface area (Å²) in [4.78, 5) is 12.3. The van der Waals surface area contributed by atoms with Gasteiger partial charge in [0.15, 0.2) is 0 Å². The van der Waals surface area contributed by atoms with Crippen LogP contribution in [0.25, 0.3) is 0 Å². The van der Waals surface area contributed by atoms with Crippen molar-refractivity contribution in [1.29, 1.82) is 0 Å². The van der Waals surface area contributed by atoms with E-state index >= 15 is 0 Å². The van der Waals surface area contributed by atoms with Gasteiger partial charge in [0.1, 0.15) is 10.6 Å². The topological polar surface area (TPSA) is 111 Å². The Hall–Kier alpha value is -1.35. The number of carbonyl (C=O) groups is 1. The zero-order valence-corrected chi connectivity index (χ0v) is 17.0. The number of rotatable bonds is 7. The lowest BCUT2D eigenvalue weighted by atomic mass is 10.1. The summed E-state index contributed by atoms with van der Waals surface area (Å²) in [5.74, 6) is -0.167. The summed E-state index contributed by atoms with van der Waals surface area (Å²) >= 11 is 0. The van der Waals surface area contributed by atoms with Gasteiger partial charge in [-0.25, -0.2) is 13.1 Å². The fourth-order valence-electron chi connectivity index (χ4n) is 2.76. The summed E-state index contributed by atoms with van der Waals surface area (Å²) in [6.07, 6.45) is 3.68. The van der Waals surface area contributed by atoms with Crippen LogP contribution >= 0.6 is 12.4 Å². The number of carbonyl (C=O) groups excluding carboxylic acids is 1. The van der Waals surface area contributed by atoms with Crippen LogP contribution in [0.2, 0.25) is 0 Å². The summed E-state index contributed by atoms with van der Waals surface area (Å²) < 4.78 is 33.3. The summed E-state index contributed by atoms with van der Waals surface area (Å²) in [6, 6.07) is 4.30. The minimum Gasteiger partial charge on any atom is -0.495 e. The number of nitrogens with two attached hydrogens (primary N) is 1. The van der Waals surface area contributed by atoms with Crippen LogP contribution < -0.4 is 20.5 Å². The molecular weight excluding hydrogens is 378 g/mol. The first-order valence-corrected chi connectivity index (χ1v) is 9.88. The first-order chi connectivity index (χ1) is 11.6. The summed E-state index contributed by atoms with van der Waals surface area (Å²) in [5, 5.41) is 2.71. The van der Waals surface area contributed by atoms with Crippen LogP contribution in [0.4, 0.5) is 0 Å². The van der Waals surface area contributed by atoms with Crippen molar-refractivity contribution in [2.75, 3.05) is 13.7 Å². The van der Waals surface area contributed by atoms with E-state index in [1.807, 2.05) is 0 Å². The molecule has 26 heavy (non-hydrogen) atoms. The van der Waals surface area contributed by atoms with E-state index in [0.29, 0.717) is 0 Å². The lowest BCUT2D eigenvalue weighted by Gasteiger charge is -2.19. The second kappa shape index (κ2) is 9.03. The third-order valence-electron chi connectivity index (χ3n) is 4.10. The van der Waals surface area contributed by atoms with Crippen molar-refractivity contribution in [3.05, 3.63) is 23.8 Å². The van der Waals surface area contributed by atoms with Crippen molar-refractivity contribution >= 4 is 28.3 Å². The SMILES string of the molecule is COc1ccc(C(=O)NCC(C)(C)N)cc1S(=O)(=O)NC1CCCC1.Cl. The Morgan fingerprint density at radius 1 is 1.31 bits per heavy atom. The number of amides is 1. The number of sulfonamides is 1. The zero-order chi connectivity index (χ0) is 18.7.